The molecule has 1 aliphatic heterocycles. The number of benzene rings is 2. The highest BCUT2D eigenvalue weighted by atomic mass is 79.9. The van der Waals surface area contributed by atoms with Crippen LogP contribution in [0.1, 0.15) is 30.7 Å². The Kier molecular flexibility index (Phi) is 11.0. The zero-order chi connectivity index (χ0) is 20.9. The number of likely N-dealkylation sites (tertiary alicyclic amines) is 1. The Morgan fingerprint density at radius 3 is 2.44 bits per heavy atom. The van der Waals surface area contributed by atoms with Gasteiger partial charge in [-0.1, -0.05) is 40.2 Å². The Hall–Kier alpha value is -1.09. The van der Waals surface area contributed by atoms with Gasteiger partial charge in [0.05, 0.1) is 16.4 Å². The van der Waals surface area contributed by atoms with Crippen molar-refractivity contribution in [2.24, 2.45) is 5.92 Å². The summed E-state index contributed by atoms with van der Waals surface area (Å²) in [5, 5.41) is 0.452. The van der Waals surface area contributed by atoms with Crippen molar-refractivity contribution in [1.29, 1.82) is 0 Å². The SMILES string of the molecule is Br.Br.O=C(CBr)CCN1CCC(Cc2nc3ccccc3n2Cc2ccc(F)cc2)CC1. The number of rotatable bonds is 8. The van der Waals surface area contributed by atoms with E-state index in [2.05, 4.69) is 37.5 Å². The molecule has 0 radical (unpaired) electrons. The van der Waals surface area contributed by atoms with Gasteiger partial charge in [0.25, 0.3) is 0 Å². The van der Waals surface area contributed by atoms with Gasteiger partial charge in [0.15, 0.2) is 0 Å². The molecule has 0 unspecified atom stereocenters. The normalized spacial score (nSPS) is 14.7. The molecule has 1 aromatic heterocycles. The highest BCUT2D eigenvalue weighted by Crippen LogP contribution is 2.25. The van der Waals surface area contributed by atoms with E-state index in [1.54, 1.807) is 0 Å². The molecule has 0 atom stereocenters. The second kappa shape index (κ2) is 13.0. The Balaban J connectivity index is 0.00000181. The molecule has 4 nitrogen and oxygen atoms in total. The topological polar surface area (TPSA) is 38.1 Å². The van der Waals surface area contributed by atoms with Crippen molar-refractivity contribution in [2.75, 3.05) is 25.0 Å². The summed E-state index contributed by atoms with van der Waals surface area (Å²) in [6.45, 7) is 3.64. The molecule has 4 rings (SSSR count). The predicted molar refractivity (Wildman–Crippen MR) is 142 cm³/mol. The molecule has 0 N–H and O–H groups in total. The van der Waals surface area contributed by atoms with E-state index in [-0.39, 0.29) is 45.6 Å². The molecule has 0 aliphatic carbocycles. The third kappa shape index (κ3) is 6.95. The van der Waals surface area contributed by atoms with Crippen molar-refractivity contribution in [1.82, 2.24) is 14.5 Å². The van der Waals surface area contributed by atoms with Crippen LogP contribution < -0.4 is 0 Å². The number of imidazole rings is 1. The first-order chi connectivity index (χ1) is 14.6. The van der Waals surface area contributed by atoms with Gasteiger partial charge in [-0.3, -0.25) is 4.79 Å². The van der Waals surface area contributed by atoms with E-state index in [1.165, 1.54) is 12.1 Å². The standard InChI is InChI=1S/C24H27BrFN3O.2BrH/c25-16-21(30)11-14-28-12-9-18(10-13-28)15-24-27-22-3-1-2-4-23(22)29(24)17-19-5-7-20(26)8-6-19;;/h1-8,18H,9-17H2;2*1H. The van der Waals surface area contributed by atoms with Crippen LogP contribution in [0, 0.1) is 11.7 Å². The van der Waals surface area contributed by atoms with Crippen LogP contribution in [0.25, 0.3) is 11.0 Å². The first-order valence-corrected chi connectivity index (χ1v) is 11.7. The summed E-state index contributed by atoms with van der Waals surface area (Å²) < 4.78 is 15.6. The van der Waals surface area contributed by atoms with E-state index < -0.39 is 0 Å². The summed E-state index contributed by atoms with van der Waals surface area (Å²) in [5.41, 5.74) is 3.22. The van der Waals surface area contributed by atoms with E-state index >= 15 is 0 Å². The number of ketones is 1. The van der Waals surface area contributed by atoms with Gasteiger partial charge in [0.2, 0.25) is 0 Å². The summed E-state index contributed by atoms with van der Waals surface area (Å²) in [6, 6.07) is 15.0. The fourth-order valence-electron chi connectivity index (χ4n) is 4.25. The van der Waals surface area contributed by atoms with Crippen LogP contribution in [-0.2, 0) is 17.8 Å². The average molecular weight is 634 g/mol. The second-order valence-electron chi connectivity index (χ2n) is 8.14. The maximum Gasteiger partial charge on any atom is 0.144 e. The lowest BCUT2D eigenvalue weighted by atomic mass is 9.93. The number of carbonyl (C=O) groups excluding carboxylic acids is 1. The number of hydrogen-bond donors (Lipinski definition) is 0. The van der Waals surface area contributed by atoms with Gasteiger partial charge in [0.1, 0.15) is 17.4 Å². The molecule has 32 heavy (non-hydrogen) atoms. The third-order valence-corrected chi connectivity index (χ3v) is 6.65. The van der Waals surface area contributed by atoms with Crippen LogP contribution in [0.3, 0.4) is 0 Å². The summed E-state index contributed by atoms with van der Waals surface area (Å²) in [5.74, 6) is 1.76. The van der Waals surface area contributed by atoms with Crippen molar-refractivity contribution in [3.8, 4) is 0 Å². The number of nitrogens with zero attached hydrogens (tertiary/aromatic N) is 3. The zero-order valence-electron chi connectivity index (χ0n) is 17.9. The summed E-state index contributed by atoms with van der Waals surface area (Å²) in [6.07, 6.45) is 3.83. The van der Waals surface area contributed by atoms with E-state index in [0.29, 0.717) is 24.2 Å². The molecular weight excluding hydrogens is 605 g/mol. The lowest BCUT2D eigenvalue weighted by Crippen LogP contribution is -2.36. The van der Waals surface area contributed by atoms with Crippen LogP contribution in [0.5, 0.6) is 0 Å². The van der Waals surface area contributed by atoms with Crippen LogP contribution in [-0.4, -0.2) is 45.2 Å². The number of para-hydroxylation sites is 2. The Bertz CT molecular complexity index is 1000. The minimum absolute atomic E-state index is 0. The number of fused-ring (bicyclic) bond motifs is 1. The highest BCUT2D eigenvalue weighted by molar-refractivity contribution is 9.09. The second-order valence-corrected chi connectivity index (χ2v) is 8.70. The monoisotopic (exact) mass is 631 g/mol. The maximum atomic E-state index is 13.3. The molecule has 8 heteroatoms. The fourth-order valence-corrected chi connectivity index (χ4v) is 4.53. The number of aromatic nitrogens is 2. The quantitative estimate of drug-likeness (QED) is 0.286. The van der Waals surface area contributed by atoms with Gasteiger partial charge < -0.3 is 9.47 Å². The summed E-state index contributed by atoms with van der Waals surface area (Å²) in [4.78, 5) is 18.9. The van der Waals surface area contributed by atoms with E-state index in [9.17, 15) is 9.18 Å². The van der Waals surface area contributed by atoms with Crippen LogP contribution in [0.15, 0.2) is 48.5 Å². The summed E-state index contributed by atoms with van der Waals surface area (Å²) in [7, 11) is 0. The molecule has 1 saturated heterocycles. The minimum atomic E-state index is -0.209. The molecule has 3 aromatic rings. The van der Waals surface area contributed by atoms with E-state index in [1.807, 2.05) is 24.3 Å². The number of carbonyl (C=O) groups is 1. The fraction of sp³-hybridized carbons (Fsp3) is 0.417. The molecule has 1 aliphatic rings. The summed E-state index contributed by atoms with van der Waals surface area (Å²) >= 11 is 3.24. The smallest absolute Gasteiger partial charge is 0.144 e. The molecule has 0 amide bonds. The van der Waals surface area contributed by atoms with Gasteiger partial charge in [-0.05, 0) is 61.7 Å². The Morgan fingerprint density at radius 1 is 1.06 bits per heavy atom. The maximum absolute atomic E-state index is 13.3. The van der Waals surface area contributed by atoms with Crippen molar-refractivity contribution in [3.63, 3.8) is 0 Å². The minimum Gasteiger partial charge on any atom is -0.323 e. The van der Waals surface area contributed by atoms with Crippen molar-refractivity contribution in [3.05, 3.63) is 65.7 Å². The lowest BCUT2D eigenvalue weighted by Gasteiger charge is -2.31. The van der Waals surface area contributed by atoms with Crippen LogP contribution in [0.4, 0.5) is 4.39 Å². The first kappa shape index (κ1) is 27.2. The third-order valence-electron chi connectivity index (χ3n) is 6.02. The number of halogens is 4. The molecule has 0 saturated carbocycles. The predicted octanol–water partition coefficient (Wildman–Crippen LogP) is 5.99. The molecule has 2 heterocycles. The van der Waals surface area contributed by atoms with Gasteiger partial charge in [0, 0.05) is 25.9 Å². The van der Waals surface area contributed by atoms with Gasteiger partial charge in [-0.25, -0.2) is 9.37 Å². The molecule has 0 spiro atoms. The highest BCUT2D eigenvalue weighted by Gasteiger charge is 2.22. The number of Topliss-reactive ketones (excluding diaryl/α,β-unsaturated/α-hetero) is 1. The first-order valence-electron chi connectivity index (χ1n) is 10.6. The largest absolute Gasteiger partial charge is 0.323 e. The number of hydrogen-bond acceptors (Lipinski definition) is 3. The Morgan fingerprint density at radius 2 is 1.75 bits per heavy atom. The molecule has 174 valence electrons. The van der Waals surface area contributed by atoms with Crippen molar-refractivity contribution < 1.29 is 9.18 Å². The number of piperidine rings is 1. The zero-order valence-corrected chi connectivity index (χ0v) is 22.9. The van der Waals surface area contributed by atoms with Gasteiger partial charge in [-0.15, -0.1) is 34.0 Å². The van der Waals surface area contributed by atoms with Crippen LogP contribution in [0.2, 0.25) is 0 Å². The number of alkyl halides is 1. The lowest BCUT2D eigenvalue weighted by molar-refractivity contribution is -0.116. The average Bonchev–Trinajstić information content (AvgIpc) is 3.11. The molecule has 2 aromatic carbocycles. The van der Waals surface area contributed by atoms with Crippen molar-refractivity contribution >= 4 is 66.7 Å². The van der Waals surface area contributed by atoms with Gasteiger partial charge in [-0.2, -0.15) is 0 Å². The molecule has 1 fully saturated rings. The molecule has 0 bridgehead atoms. The van der Waals surface area contributed by atoms with Crippen molar-refractivity contribution in [2.45, 2.75) is 32.2 Å². The van der Waals surface area contributed by atoms with E-state index in [4.69, 9.17) is 4.98 Å². The van der Waals surface area contributed by atoms with E-state index in [0.717, 1.165) is 61.3 Å². The Labute approximate surface area is 218 Å². The van der Waals surface area contributed by atoms with Gasteiger partial charge >= 0.3 is 0 Å². The molecular formula is C24H29Br3FN3O. The van der Waals surface area contributed by atoms with Crippen LogP contribution >= 0.6 is 49.9 Å².